The summed E-state index contributed by atoms with van der Waals surface area (Å²) in [7, 11) is 0. The van der Waals surface area contributed by atoms with Gasteiger partial charge in [0.25, 0.3) is 0 Å². The van der Waals surface area contributed by atoms with Crippen LogP contribution in [0.3, 0.4) is 0 Å². The molecule has 0 aromatic rings. The number of hydrogen-bond donors (Lipinski definition) is 1. The van der Waals surface area contributed by atoms with Crippen molar-refractivity contribution in [3.63, 3.8) is 0 Å². The molecular weight excluding hydrogens is 216 g/mol. The van der Waals surface area contributed by atoms with Crippen LogP contribution in [0.4, 0.5) is 0 Å². The van der Waals surface area contributed by atoms with Gasteiger partial charge in [0, 0.05) is 36.2 Å². The molecule has 0 aliphatic carbocycles. The summed E-state index contributed by atoms with van der Waals surface area (Å²) in [6.07, 6.45) is 5.42. The Morgan fingerprint density at radius 2 is 2.38 bits per heavy atom. The average Bonchev–Trinajstić information content (AvgIpc) is 2.71. The van der Waals surface area contributed by atoms with Gasteiger partial charge in [-0.15, -0.1) is 0 Å². The largest absolute Gasteiger partial charge is 0.310 e. The summed E-state index contributed by atoms with van der Waals surface area (Å²) in [5.41, 5.74) is 0.449. The molecule has 0 aromatic carbocycles. The van der Waals surface area contributed by atoms with Crippen LogP contribution in [0.2, 0.25) is 0 Å². The minimum Gasteiger partial charge on any atom is -0.310 e. The van der Waals surface area contributed by atoms with E-state index in [9.17, 15) is 0 Å². The molecule has 3 heteroatoms. The van der Waals surface area contributed by atoms with Gasteiger partial charge < -0.3 is 5.32 Å². The van der Waals surface area contributed by atoms with Crippen molar-refractivity contribution >= 4 is 11.8 Å². The monoisotopic (exact) mass is 242 g/mol. The van der Waals surface area contributed by atoms with E-state index in [0.717, 1.165) is 6.04 Å². The van der Waals surface area contributed by atoms with Crippen molar-refractivity contribution in [1.82, 2.24) is 10.2 Å². The van der Waals surface area contributed by atoms with E-state index in [0.29, 0.717) is 5.54 Å². The Labute approximate surface area is 105 Å². The molecule has 0 amide bonds. The van der Waals surface area contributed by atoms with Crippen molar-refractivity contribution in [2.45, 2.75) is 51.1 Å². The highest BCUT2D eigenvalue weighted by molar-refractivity contribution is 7.99. The number of hydrogen-bond acceptors (Lipinski definition) is 3. The van der Waals surface area contributed by atoms with E-state index in [1.807, 2.05) is 0 Å². The van der Waals surface area contributed by atoms with Crippen LogP contribution >= 0.6 is 11.8 Å². The van der Waals surface area contributed by atoms with Crippen LogP contribution in [-0.2, 0) is 0 Å². The minimum atomic E-state index is 0.449. The van der Waals surface area contributed by atoms with Crippen LogP contribution in [0.25, 0.3) is 0 Å². The normalized spacial score (nSPS) is 36.8. The molecule has 2 atom stereocenters. The fourth-order valence-corrected chi connectivity index (χ4v) is 4.24. The Morgan fingerprint density at radius 1 is 1.50 bits per heavy atom. The second kappa shape index (κ2) is 5.74. The molecule has 1 N–H and O–H groups in total. The molecule has 2 nitrogen and oxygen atoms in total. The first-order chi connectivity index (χ1) is 7.76. The van der Waals surface area contributed by atoms with Gasteiger partial charge in [-0.25, -0.2) is 0 Å². The lowest BCUT2D eigenvalue weighted by molar-refractivity contribution is 0.157. The zero-order chi connectivity index (χ0) is 11.4. The molecule has 2 fully saturated rings. The van der Waals surface area contributed by atoms with Gasteiger partial charge in [-0.1, -0.05) is 13.3 Å². The molecule has 2 unspecified atom stereocenters. The quantitative estimate of drug-likeness (QED) is 0.815. The lowest BCUT2D eigenvalue weighted by Gasteiger charge is -2.40. The van der Waals surface area contributed by atoms with Crippen molar-refractivity contribution in [1.29, 1.82) is 0 Å². The van der Waals surface area contributed by atoms with Gasteiger partial charge >= 0.3 is 0 Å². The maximum atomic E-state index is 3.79. The molecule has 2 aliphatic heterocycles. The van der Waals surface area contributed by atoms with E-state index < -0.39 is 0 Å². The van der Waals surface area contributed by atoms with Crippen LogP contribution in [0.15, 0.2) is 0 Å². The molecule has 2 saturated heterocycles. The molecule has 0 radical (unpaired) electrons. The first kappa shape index (κ1) is 12.7. The Morgan fingerprint density at radius 3 is 3.00 bits per heavy atom. The number of rotatable bonds is 4. The first-order valence-electron chi connectivity index (χ1n) is 6.82. The van der Waals surface area contributed by atoms with Gasteiger partial charge in [0.1, 0.15) is 0 Å². The van der Waals surface area contributed by atoms with E-state index in [2.05, 4.69) is 35.8 Å². The summed E-state index contributed by atoms with van der Waals surface area (Å²) < 4.78 is 0. The SMILES string of the molecule is CCCC1(CN2CCSCC2C)CCCN1. The highest BCUT2D eigenvalue weighted by atomic mass is 32.2. The topological polar surface area (TPSA) is 15.3 Å². The molecule has 94 valence electrons. The minimum absolute atomic E-state index is 0.449. The van der Waals surface area contributed by atoms with Crippen LogP contribution in [0, 0.1) is 0 Å². The predicted molar refractivity (Wildman–Crippen MR) is 73.2 cm³/mol. The van der Waals surface area contributed by atoms with Gasteiger partial charge in [0.15, 0.2) is 0 Å². The van der Waals surface area contributed by atoms with Gasteiger partial charge in [0.05, 0.1) is 0 Å². The fourth-order valence-electron chi connectivity index (χ4n) is 3.16. The molecule has 2 rings (SSSR count). The molecule has 2 aliphatic rings. The van der Waals surface area contributed by atoms with Gasteiger partial charge in [0.2, 0.25) is 0 Å². The molecular formula is C13H26N2S. The summed E-state index contributed by atoms with van der Waals surface area (Å²) in [6.45, 7) is 8.51. The lowest BCUT2D eigenvalue weighted by atomic mass is 9.91. The van der Waals surface area contributed by atoms with Crippen LogP contribution in [0.1, 0.15) is 39.5 Å². The number of nitrogens with one attached hydrogen (secondary N) is 1. The van der Waals surface area contributed by atoms with Crippen molar-refractivity contribution in [3.05, 3.63) is 0 Å². The van der Waals surface area contributed by atoms with Crippen molar-refractivity contribution in [2.75, 3.05) is 31.1 Å². The van der Waals surface area contributed by atoms with E-state index >= 15 is 0 Å². The Bertz CT molecular complexity index is 214. The third-order valence-corrected chi connectivity index (χ3v) is 5.26. The maximum Gasteiger partial charge on any atom is 0.0309 e. The van der Waals surface area contributed by atoms with E-state index in [1.54, 1.807) is 0 Å². The third kappa shape index (κ3) is 2.93. The molecule has 0 saturated carbocycles. The van der Waals surface area contributed by atoms with Crippen LogP contribution in [0.5, 0.6) is 0 Å². The summed E-state index contributed by atoms with van der Waals surface area (Å²) in [4.78, 5) is 2.71. The van der Waals surface area contributed by atoms with Crippen molar-refractivity contribution in [2.24, 2.45) is 0 Å². The van der Waals surface area contributed by atoms with Gasteiger partial charge in [-0.3, -0.25) is 4.90 Å². The summed E-state index contributed by atoms with van der Waals surface area (Å²) in [6, 6.07) is 0.773. The highest BCUT2D eigenvalue weighted by Gasteiger charge is 2.35. The number of thioether (sulfide) groups is 1. The third-order valence-electron chi connectivity index (χ3n) is 4.07. The number of nitrogens with zero attached hydrogens (tertiary/aromatic N) is 1. The standard InChI is InChI=1S/C13H26N2S/c1-3-5-13(6-4-7-14-13)11-15-8-9-16-10-12(15)2/h12,14H,3-11H2,1-2H3. The smallest absolute Gasteiger partial charge is 0.0309 e. The van der Waals surface area contributed by atoms with Gasteiger partial charge in [-0.05, 0) is 32.7 Å². The van der Waals surface area contributed by atoms with Crippen LogP contribution < -0.4 is 5.32 Å². The molecule has 2 heterocycles. The predicted octanol–water partition coefficient (Wildman–Crippen LogP) is 2.35. The van der Waals surface area contributed by atoms with E-state index in [4.69, 9.17) is 0 Å². The second-order valence-electron chi connectivity index (χ2n) is 5.46. The zero-order valence-electron chi connectivity index (χ0n) is 10.8. The Balaban J connectivity index is 1.93. The van der Waals surface area contributed by atoms with E-state index in [-0.39, 0.29) is 0 Å². The fraction of sp³-hybridized carbons (Fsp3) is 1.00. The Kier molecular flexibility index (Phi) is 4.57. The zero-order valence-corrected chi connectivity index (χ0v) is 11.6. The maximum absolute atomic E-state index is 3.79. The van der Waals surface area contributed by atoms with E-state index in [1.165, 1.54) is 56.8 Å². The lowest BCUT2D eigenvalue weighted by Crippen LogP contribution is -2.54. The summed E-state index contributed by atoms with van der Waals surface area (Å²) in [5, 5.41) is 3.79. The molecule has 0 spiro atoms. The first-order valence-corrected chi connectivity index (χ1v) is 7.98. The summed E-state index contributed by atoms with van der Waals surface area (Å²) in [5.74, 6) is 2.65. The average molecular weight is 242 g/mol. The molecule has 0 bridgehead atoms. The molecule has 0 aromatic heterocycles. The molecule has 16 heavy (non-hydrogen) atoms. The Hall–Kier alpha value is 0.270. The second-order valence-corrected chi connectivity index (χ2v) is 6.60. The summed E-state index contributed by atoms with van der Waals surface area (Å²) >= 11 is 2.11. The van der Waals surface area contributed by atoms with Crippen molar-refractivity contribution < 1.29 is 0 Å². The highest BCUT2D eigenvalue weighted by Crippen LogP contribution is 2.28. The van der Waals surface area contributed by atoms with Crippen molar-refractivity contribution in [3.8, 4) is 0 Å². The van der Waals surface area contributed by atoms with Crippen LogP contribution in [-0.4, -0.2) is 47.6 Å². The van der Waals surface area contributed by atoms with Gasteiger partial charge in [-0.2, -0.15) is 11.8 Å².